The zero-order valence-electron chi connectivity index (χ0n) is 39.7. The van der Waals surface area contributed by atoms with Crippen molar-refractivity contribution >= 4 is 67.8 Å². The number of para-hydroxylation sites is 2. The highest BCUT2D eigenvalue weighted by Gasteiger charge is 2.38. The molecule has 0 aliphatic heterocycles. The van der Waals surface area contributed by atoms with E-state index < -0.39 is 0 Å². The van der Waals surface area contributed by atoms with Gasteiger partial charge in [0.2, 0.25) is 0 Å². The van der Waals surface area contributed by atoms with Crippen molar-refractivity contribution in [2.24, 2.45) is 0 Å². The molecule has 0 aromatic heterocycles. The number of hydrogen-bond acceptors (Lipinski definition) is 2. The van der Waals surface area contributed by atoms with E-state index in [1.165, 1.54) is 122 Å². The first-order chi connectivity index (χ1) is 33.1. The highest BCUT2D eigenvalue weighted by atomic mass is 15.2. The molecule has 10 aromatic carbocycles. The fourth-order valence-electron chi connectivity index (χ4n) is 11.4. The Morgan fingerprint density at radius 3 is 1.09 bits per heavy atom. The summed E-state index contributed by atoms with van der Waals surface area (Å²) in [4.78, 5) is 4.90. The summed E-state index contributed by atoms with van der Waals surface area (Å²) < 4.78 is 0. The summed E-state index contributed by atoms with van der Waals surface area (Å²) in [7, 11) is 0. The Balaban J connectivity index is 0.861. The van der Waals surface area contributed by atoms with Crippen LogP contribution in [0.5, 0.6) is 0 Å². The summed E-state index contributed by atoms with van der Waals surface area (Å²) in [5.74, 6) is 0. The van der Waals surface area contributed by atoms with Crippen LogP contribution in [-0.2, 0) is 10.8 Å². The summed E-state index contributed by atoms with van der Waals surface area (Å²) in [6.45, 7) is 14.0. The molecule has 0 unspecified atom stereocenters. The molecule has 0 radical (unpaired) electrons. The molecule has 2 heteroatoms. The summed E-state index contributed by atoms with van der Waals surface area (Å²) in [6.07, 6.45) is 4.59. The smallest absolute Gasteiger partial charge is 0.0540 e. The molecular formula is C66H54N2. The van der Waals surface area contributed by atoms with Crippen LogP contribution in [0.4, 0.5) is 34.1 Å². The van der Waals surface area contributed by atoms with Crippen molar-refractivity contribution in [1.82, 2.24) is 0 Å². The van der Waals surface area contributed by atoms with E-state index in [1.807, 2.05) is 0 Å². The molecule has 2 aliphatic rings. The van der Waals surface area contributed by atoms with E-state index in [-0.39, 0.29) is 10.8 Å². The van der Waals surface area contributed by atoms with Gasteiger partial charge in [0, 0.05) is 44.4 Å². The lowest BCUT2D eigenvalue weighted by atomic mass is 9.81. The largest absolute Gasteiger partial charge is 0.310 e. The zero-order chi connectivity index (χ0) is 46.3. The van der Waals surface area contributed by atoms with Crippen molar-refractivity contribution in [3.8, 4) is 22.3 Å². The molecule has 0 amide bonds. The van der Waals surface area contributed by atoms with Gasteiger partial charge < -0.3 is 9.80 Å². The average Bonchev–Trinajstić information content (AvgIpc) is 3.72. The predicted molar refractivity (Wildman–Crippen MR) is 291 cm³/mol. The number of nitrogens with zero attached hydrogens (tertiary/aromatic N) is 2. The van der Waals surface area contributed by atoms with E-state index in [9.17, 15) is 0 Å². The Morgan fingerprint density at radius 2 is 0.662 bits per heavy atom. The van der Waals surface area contributed by atoms with E-state index >= 15 is 0 Å². The lowest BCUT2D eigenvalue weighted by molar-refractivity contribution is 0.660. The Morgan fingerprint density at radius 1 is 0.324 bits per heavy atom. The van der Waals surface area contributed by atoms with Crippen molar-refractivity contribution in [1.29, 1.82) is 0 Å². The third kappa shape index (κ3) is 6.61. The Labute approximate surface area is 401 Å². The van der Waals surface area contributed by atoms with E-state index in [0.717, 1.165) is 0 Å². The third-order valence-electron chi connectivity index (χ3n) is 15.1. The Kier molecular flexibility index (Phi) is 9.67. The maximum Gasteiger partial charge on any atom is 0.0540 e. The molecule has 0 saturated carbocycles. The van der Waals surface area contributed by atoms with Crippen molar-refractivity contribution in [2.75, 3.05) is 9.80 Å². The first-order valence-corrected chi connectivity index (χ1v) is 24.0. The summed E-state index contributed by atoms with van der Waals surface area (Å²) in [5.41, 5.74) is 22.3. The minimum absolute atomic E-state index is 0.189. The Hall–Kier alpha value is -7.94. The van der Waals surface area contributed by atoms with Crippen LogP contribution < -0.4 is 9.80 Å². The lowest BCUT2D eigenvalue weighted by Crippen LogP contribution is -2.17. The van der Waals surface area contributed by atoms with Crippen molar-refractivity contribution in [3.63, 3.8) is 0 Å². The number of anilines is 6. The summed E-state index contributed by atoms with van der Waals surface area (Å²) >= 11 is 0. The minimum Gasteiger partial charge on any atom is -0.310 e. The molecule has 10 aromatic rings. The van der Waals surface area contributed by atoms with Gasteiger partial charge in [-0.15, -0.1) is 0 Å². The lowest BCUT2D eigenvalue weighted by Gasteiger charge is -2.30. The number of rotatable bonds is 8. The SMILES string of the molecule is Cc1ccccc1N(c1ccc2c(c1)C(C)(C)c1cc(/C=C/c3ccc4c(c3)C(C)(C)c3cc(N(c5ccccc5C)c5cccc6ccccc56)ccc3-4)ccc1-2)c1cccc2ccccc12. The van der Waals surface area contributed by atoms with Crippen LogP contribution in [-0.4, -0.2) is 0 Å². The molecule has 0 atom stereocenters. The van der Waals surface area contributed by atoms with Crippen LogP contribution in [0.2, 0.25) is 0 Å². The standard InChI is InChI=1S/C66H54N2/c1-43-17-7-13-25-61(43)67(63-27-15-21-47-19-9-11-23-51(47)63)49-33-37-55-53-35-31-45(39-57(53)65(3,4)59(55)41-49)29-30-46-32-36-54-56-38-34-50(42-60(56)66(5,6)58(54)40-46)68(62-26-14-8-18-44(62)2)64-28-16-22-48-20-10-12-24-52(48)64/h7-42H,1-6H3/b30-29+. The Bertz CT molecular complexity index is 3430. The second kappa shape index (κ2) is 15.9. The maximum absolute atomic E-state index is 2.45. The molecule has 12 rings (SSSR count). The van der Waals surface area contributed by atoms with Gasteiger partial charge in [0.1, 0.15) is 0 Å². The molecule has 68 heavy (non-hydrogen) atoms. The van der Waals surface area contributed by atoms with E-state index in [0.29, 0.717) is 0 Å². The van der Waals surface area contributed by atoms with Gasteiger partial charge in [0.05, 0.1) is 11.4 Å². The van der Waals surface area contributed by atoms with Gasteiger partial charge in [-0.2, -0.15) is 0 Å². The van der Waals surface area contributed by atoms with Crippen LogP contribution in [0.25, 0.3) is 56.0 Å². The molecule has 0 bridgehead atoms. The van der Waals surface area contributed by atoms with Gasteiger partial charge >= 0.3 is 0 Å². The molecule has 2 aliphatic carbocycles. The highest BCUT2D eigenvalue weighted by Crippen LogP contribution is 2.53. The summed E-state index contributed by atoms with van der Waals surface area (Å²) in [5, 5.41) is 4.95. The van der Waals surface area contributed by atoms with Gasteiger partial charge in [-0.05, 0) is 140 Å². The number of hydrogen-bond donors (Lipinski definition) is 0. The van der Waals surface area contributed by atoms with Crippen LogP contribution in [0, 0.1) is 13.8 Å². The second-order valence-corrected chi connectivity index (χ2v) is 19.9. The normalized spacial score (nSPS) is 13.9. The number of fused-ring (bicyclic) bond motifs is 8. The van der Waals surface area contributed by atoms with E-state index in [1.54, 1.807) is 0 Å². The zero-order valence-corrected chi connectivity index (χ0v) is 39.7. The fraction of sp³-hybridized carbons (Fsp3) is 0.121. The first-order valence-electron chi connectivity index (χ1n) is 24.0. The predicted octanol–water partition coefficient (Wildman–Crippen LogP) is 18.3. The topological polar surface area (TPSA) is 6.48 Å². The molecule has 0 heterocycles. The monoisotopic (exact) mass is 874 g/mol. The molecule has 328 valence electrons. The van der Waals surface area contributed by atoms with Gasteiger partial charge in [-0.1, -0.05) is 198 Å². The molecule has 0 N–H and O–H groups in total. The second-order valence-electron chi connectivity index (χ2n) is 19.9. The number of benzene rings is 10. The molecule has 2 nitrogen and oxygen atoms in total. The fourth-order valence-corrected chi connectivity index (χ4v) is 11.4. The van der Waals surface area contributed by atoms with E-state index in [4.69, 9.17) is 0 Å². The molecule has 0 saturated heterocycles. The summed E-state index contributed by atoms with van der Waals surface area (Å²) in [6, 6.07) is 76.4. The molecule has 0 spiro atoms. The quantitative estimate of drug-likeness (QED) is 0.140. The number of aryl methyl sites for hydroxylation is 2. The highest BCUT2D eigenvalue weighted by molar-refractivity contribution is 6.01. The van der Waals surface area contributed by atoms with Crippen LogP contribution in [0.3, 0.4) is 0 Å². The van der Waals surface area contributed by atoms with Crippen LogP contribution in [0.1, 0.15) is 72.2 Å². The van der Waals surface area contributed by atoms with Gasteiger partial charge in [0.25, 0.3) is 0 Å². The van der Waals surface area contributed by atoms with Crippen LogP contribution >= 0.6 is 0 Å². The molecule has 0 fully saturated rings. The van der Waals surface area contributed by atoms with Crippen molar-refractivity contribution in [3.05, 3.63) is 251 Å². The van der Waals surface area contributed by atoms with Crippen molar-refractivity contribution in [2.45, 2.75) is 52.4 Å². The first kappa shape index (κ1) is 41.5. The molecular weight excluding hydrogens is 821 g/mol. The third-order valence-corrected chi connectivity index (χ3v) is 15.1. The van der Waals surface area contributed by atoms with Gasteiger partial charge in [-0.3, -0.25) is 0 Å². The van der Waals surface area contributed by atoms with Crippen molar-refractivity contribution < 1.29 is 0 Å². The minimum atomic E-state index is -0.189. The van der Waals surface area contributed by atoms with Gasteiger partial charge in [-0.25, -0.2) is 0 Å². The van der Waals surface area contributed by atoms with Gasteiger partial charge in [0.15, 0.2) is 0 Å². The van der Waals surface area contributed by atoms with Crippen LogP contribution in [0.15, 0.2) is 206 Å². The van der Waals surface area contributed by atoms with E-state index in [2.05, 4.69) is 270 Å². The maximum atomic E-state index is 2.45. The average molecular weight is 875 g/mol.